The quantitative estimate of drug-likeness (QED) is 0.484. The van der Waals surface area contributed by atoms with Gasteiger partial charge in [0.05, 0.1) is 13.2 Å². The normalized spacial score (nSPS) is 11.4. The number of hydrogen-bond acceptors (Lipinski definition) is 2. The van der Waals surface area contributed by atoms with Gasteiger partial charge in [0.2, 0.25) is 0 Å². The Labute approximate surface area is 105 Å². The number of benzene rings is 1. The number of azo groups is 1. The van der Waals surface area contributed by atoms with Crippen molar-refractivity contribution in [1.29, 1.82) is 0 Å². The highest BCUT2D eigenvalue weighted by atomic mass is 15.3. The lowest BCUT2D eigenvalue weighted by molar-refractivity contribution is -0.656. The summed E-state index contributed by atoms with van der Waals surface area (Å²) in [4.78, 5) is 0. The average Bonchev–Trinajstić information content (AvgIpc) is 2.73. The highest BCUT2D eigenvalue weighted by Crippen LogP contribution is 2.16. The van der Waals surface area contributed by atoms with Gasteiger partial charge in [-0.15, -0.1) is 0 Å². The fraction of sp³-hybridized carbons (Fsp3) is 0.0714. The first kappa shape index (κ1) is 10.7. The van der Waals surface area contributed by atoms with Crippen LogP contribution in [0.1, 0.15) is 0 Å². The Morgan fingerprint density at radius 1 is 0.944 bits per heavy atom. The third-order valence-corrected chi connectivity index (χ3v) is 2.76. The fourth-order valence-corrected chi connectivity index (χ4v) is 1.89. The van der Waals surface area contributed by atoms with Crippen LogP contribution in [0, 0.1) is 0 Å². The lowest BCUT2D eigenvalue weighted by atomic mass is 10.3. The maximum absolute atomic E-state index is 4.32. The summed E-state index contributed by atoms with van der Waals surface area (Å²) >= 11 is 0. The first-order valence-corrected chi connectivity index (χ1v) is 5.77. The van der Waals surface area contributed by atoms with E-state index in [-0.39, 0.29) is 0 Å². The molecule has 18 heavy (non-hydrogen) atoms. The molecule has 0 atom stereocenters. The zero-order valence-electron chi connectivity index (χ0n) is 10.1. The molecule has 0 radical (unpaired) electrons. The highest BCUT2D eigenvalue weighted by molar-refractivity contribution is 5.46. The van der Waals surface area contributed by atoms with E-state index in [4.69, 9.17) is 0 Å². The third-order valence-electron chi connectivity index (χ3n) is 2.76. The predicted octanol–water partition coefficient (Wildman–Crippen LogP) is 3.18. The molecule has 3 aromatic rings. The predicted molar refractivity (Wildman–Crippen MR) is 69.2 cm³/mol. The van der Waals surface area contributed by atoms with Crippen molar-refractivity contribution in [3.8, 4) is 0 Å². The number of rotatable bonds is 2. The molecule has 0 saturated heterocycles. The Morgan fingerprint density at radius 2 is 1.72 bits per heavy atom. The van der Waals surface area contributed by atoms with Gasteiger partial charge in [-0.3, -0.25) is 0 Å². The summed E-state index contributed by atoms with van der Waals surface area (Å²) in [7, 11) is 1.96. The number of aromatic nitrogens is 2. The van der Waals surface area contributed by atoms with Crippen LogP contribution in [0.2, 0.25) is 0 Å². The number of nitrogens with zero attached hydrogens (tertiary/aromatic N) is 4. The van der Waals surface area contributed by atoms with Crippen molar-refractivity contribution in [2.75, 3.05) is 0 Å². The minimum atomic E-state index is 0.800. The molecule has 4 nitrogen and oxygen atoms in total. The smallest absolute Gasteiger partial charge is 0.232 e. The largest absolute Gasteiger partial charge is 0.426 e. The van der Waals surface area contributed by atoms with Crippen LogP contribution in [-0.2, 0) is 7.05 Å². The SMILES string of the molecule is C[n+]1cc2ccccn2c1N=Nc1ccccc1. The van der Waals surface area contributed by atoms with Crippen LogP contribution in [0.4, 0.5) is 11.6 Å². The Balaban J connectivity index is 2.05. The summed E-state index contributed by atoms with van der Waals surface area (Å²) in [5, 5.41) is 8.56. The zero-order chi connectivity index (χ0) is 12.4. The molecule has 0 N–H and O–H groups in total. The summed E-state index contributed by atoms with van der Waals surface area (Å²) in [6, 6.07) is 15.8. The Kier molecular flexibility index (Phi) is 2.61. The number of pyridine rings is 1. The van der Waals surface area contributed by atoms with Gasteiger partial charge in [-0.05, 0) is 24.3 Å². The molecular formula is C14H13N4+. The monoisotopic (exact) mass is 237 g/mol. The maximum atomic E-state index is 4.32. The second-order valence-electron chi connectivity index (χ2n) is 4.07. The van der Waals surface area contributed by atoms with Crippen LogP contribution in [0.15, 0.2) is 71.2 Å². The minimum absolute atomic E-state index is 0.800. The van der Waals surface area contributed by atoms with Crippen molar-refractivity contribution >= 4 is 17.2 Å². The summed E-state index contributed by atoms with van der Waals surface area (Å²) in [6.07, 6.45) is 4.01. The molecule has 0 unspecified atom stereocenters. The van der Waals surface area contributed by atoms with Gasteiger partial charge >= 0.3 is 5.95 Å². The lowest BCUT2D eigenvalue weighted by Gasteiger charge is -1.88. The van der Waals surface area contributed by atoms with Crippen molar-refractivity contribution in [3.63, 3.8) is 0 Å². The van der Waals surface area contributed by atoms with Crippen molar-refractivity contribution in [2.24, 2.45) is 17.3 Å². The Hall–Kier alpha value is -2.49. The molecule has 0 aliphatic rings. The molecule has 0 fully saturated rings. The van der Waals surface area contributed by atoms with E-state index in [0.717, 1.165) is 17.2 Å². The molecular weight excluding hydrogens is 224 g/mol. The van der Waals surface area contributed by atoms with Gasteiger partial charge in [0, 0.05) is 5.11 Å². The third kappa shape index (κ3) is 1.88. The van der Waals surface area contributed by atoms with Crippen molar-refractivity contribution < 1.29 is 4.57 Å². The van der Waals surface area contributed by atoms with E-state index in [0.29, 0.717) is 0 Å². The van der Waals surface area contributed by atoms with Gasteiger partial charge in [-0.1, -0.05) is 29.4 Å². The van der Waals surface area contributed by atoms with Crippen LogP contribution in [0.5, 0.6) is 0 Å². The van der Waals surface area contributed by atoms with E-state index in [1.807, 2.05) is 76.9 Å². The van der Waals surface area contributed by atoms with E-state index < -0.39 is 0 Å². The van der Waals surface area contributed by atoms with Gasteiger partial charge < -0.3 is 0 Å². The first-order valence-electron chi connectivity index (χ1n) is 5.77. The second kappa shape index (κ2) is 4.41. The Bertz CT molecular complexity index is 698. The lowest BCUT2D eigenvalue weighted by Crippen LogP contribution is -2.24. The molecule has 0 aliphatic carbocycles. The van der Waals surface area contributed by atoms with Crippen molar-refractivity contribution in [1.82, 2.24) is 4.40 Å². The number of aryl methyl sites for hydroxylation is 1. The van der Waals surface area contributed by atoms with E-state index in [1.54, 1.807) is 0 Å². The van der Waals surface area contributed by atoms with Gasteiger partial charge in [-0.2, -0.15) is 4.40 Å². The topological polar surface area (TPSA) is 33.0 Å². The van der Waals surface area contributed by atoms with Crippen LogP contribution in [-0.4, -0.2) is 4.40 Å². The first-order chi connectivity index (χ1) is 8.84. The fourth-order valence-electron chi connectivity index (χ4n) is 1.89. The molecule has 0 bridgehead atoms. The summed E-state index contributed by atoms with van der Waals surface area (Å²) in [6.45, 7) is 0. The van der Waals surface area contributed by atoms with Crippen molar-refractivity contribution in [3.05, 3.63) is 60.9 Å². The number of fused-ring (bicyclic) bond motifs is 1. The maximum Gasteiger partial charge on any atom is 0.426 e. The zero-order valence-corrected chi connectivity index (χ0v) is 10.1. The summed E-state index contributed by atoms with van der Waals surface area (Å²) in [5.41, 5.74) is 1.95. The number of hydrogen-bond donors (Lipinski definition) is 0. The summed E-state index contributed by atoms with van der Waals surface area (Å²) in [5.74, 6) is 0.800. The molecule has 4 heteroatoms. The van der Waals surface area contributed by atoms with E-state index >= 15 is 0 Å². The van der Waals surface area contributed by atoms with E-state index in [1.165, 1.54) is 0 Å². The molecule has 1 aromatic carbocycles. The van der Waals surface area contributed by atoms with Gasteiger partial charge in [0.15, 0.2) is 0 Å². The van der Waals surface area contributed by atoms with Gasteiger partial charge in [0.1, 0.15) is 17.4 Å². The molecule has 0 spiro atoms. The molecule has 0 saturated carbocycles. The van der Waals surface area contributed by atoms with Crippen LogP contribution < -0.4 is 4.57 Å². The molecule has 88 valence electrons. The Morgan fingerprint density at radius 3 is 2.56 bits per heavy atom. The van der Waals surface area contributed by atoms with Crippen LogP contribution in [0.25, 0.3) is 5.52 Å². The van der Waals surface area contributed by atoms with Crippen LogP contribution >= 0.6 is 0 Å². The summed E-state index contributed by atoms with van der Waals surface area (Å²) < 4.78 is 3.97. The molecule has 0 amide bonds. The minimum Gasteiger partial charge on any atom is -0.232 e. The molecule has 2 heterocycles. The van der Waals surface area contributed by atoms with E-state index in [9.17, 15) is 0 Å². The van der Waals surface area contributed by atoms with E-state index in [2.05, 4.69) is 10.2 Å². The standard InChI is InChI=1S/C14H13N4/c1-17-11-13-9-5-6-10-18(13)14(17)16-15-12-7-3-2-4-8-12/h2-11H,1H3/q+1. The highest BCUT2D eigenvalue weighted by Gasteiger charge is 2.13. The van der Waals surface area contributed by atoms with Crippen molar-refractivity contribution in [2.45, 2.75) is 0 Å². The number of imidazole rings is 1. The van der Waals surface area contributed by atoms with Gasteiger partial charge in [0.25, 0.3) is 0 Å². The molecule has 3 rings (SSSR count). The molecule has 0 aliphatic heterocycles. The van der Waals surface area contributed by atoms with Gasteiger partial charge in [-0.25, -0.2) is 4.57 Å². The van der Waals surface area contributed by atoms with Crippen LogP contribution in [0.3, 0.4) is 0 Å². The second-order valence-corrected chi connectivity index (χ2v) is 4.07. The average molecular weight is 237 g/mol. The molecule has 2 aromatic heterocycles.